The van der Waals surface area contributed by atoms with Gasteiger partial charge >= 0.3 is 0 Å². The molecule has 3 heterocycles. The third-order valence-corrected chi connectivity index (χ3v) is 7.91. The molecular weight excluding hydrogens is 414 g/mol. The van der Waals surface area contributed by atoms with E-state index in [-0.39, 0.29) is 11.8 Å². The SMILES string of the molecule is O=C(NCC1CCS(O)(O)CC1)c1cnc2ccc(-c3cn[nH]c3)cc2c1NC1CC1. The van der Waals surface area contributed by atoms with E-state index >= 15 is 0 Å². The topological polar surface area (TPSA) is 123 Å². The van der Waals surface area contributed by atoms with Crippen molar-refractivity contribution in [3.63, 3.8) is 0 Å². The lowest BCUT2D eigenvalue weighted by atomic mass is 10.0. The van der Waals surface area contributed by atoms with Crippen molar-refractivity contribution >= 4 is 33.1 Å². The third-order valence-electron chi connectivity index (χ3n) is 6.13. The van der Waals surface area contributed by atoms with E-state index in [1.165, 1.54) is 0 Å². The number of anilines is 1. The van der Waals surface area contributed by atoms with Gasteiger partial charge in [0.2, 0.25) is 0 Å². The highest BCUT2D eigenvalue weighted by atomic mass is 32.3. The molecule has 0 atom stereocenters. The molecule has 8 nitrogen and oxygen atoms in total. The lowest BCUT2D eigenvalue weighted by Gasteiger charge is -2.39. The Hall–Kier alpha value is -2.62. The smallest absolute Gasteiger partial charge is 0.254 e. The molecule has 0 bridgehead atoms. The van der Waals surface area contributed by atoms with Crippen molar-refractivity contribution in [2.24, 2.45) is 5.92 Å². The van der Waals surface area contributed by atoms with Crippen molar-refractivity contribution in [2.45, 2.75) is 31.7 Å². The Morgan fingerprint density at radius 2 is 1.94 bits per heavy atom. The van der Waals surface area contributed by atoms with Gasteiger partial charge in [-0.1, -0.05) is 6.07 Å². The molecule has 0 unspecified atom stereocenters. The molecule has 164 valence electrons. The summed E-state index contributed by atoms with van der Waals surface area (Å²) < 4.78 is 19.6. The summed E-state index contributed by atoms with van der Waals surface area (Å²) in [7, 11) is -2.41. The van der Waals surface area contributed by atoms with Crippen LogP contribution in [0.2, 0.25) is 0 Å². The molecule has 1 aromatic carbocycles. The molecule has 0 radical (unpaired) electrons. The van der Waals surface area contributed by atoms with Crippen LogP contribution < -0.4 is 10.6 Å². The number of nitrogens with one attached hydrogen (secondary N) is 3. The summed E-state index contributed by atoms with van der Waals surface area (Å²) >= 11 is 0. The van der Waals surface area contributed by atoms with Crippen LogP contribution in [-0.2, 0) is 0 Å². The first-order chi connectivity index (χ1) is 15.0. The zero-order valence-electron chi connectivity index (χ0n) is 17.2. The molecule has 9 heteroatoms. The Kier molecular flexibility index (Phi) is 5.33. The largest absolute Gasteiger partial charge is 0.381 e. The monoisotopic (exact) mass is 441 g/mol. The lowest BCUT2D eigenvalue weighted by molar-refractivity contribution is 0.0947. The van der Waals surface area contributed by atoms with Crippen LogP contribution in [0.4, 0.5) is 5.69 Å². The van der Waals surface area contributed by atoms with Gasteiger partial charge in [-0.25, -0.2) is 0 Å². The molecule has 5 rings (SSSR count). The van der Waals surface area contributed by atoms with Crippen LogP contribution in [0.25, 0.3) is 22.0 Å². The molecule has 2 fully saturated rings. The Balaban J connectivity index is 1.41. The average molecular weight is 442 g/mol. The molecule has 1 aliphatic carbocycles. The van der Waals surface area contributed by atoms with E-state index in [0.29, 0.717) is 29.7 Å². The van der Waals surface area contributed by atoms with Crippen LogP contribution in [0.3, 0.4) is 0 Å². The van der Waals surface area contributed by atoms with Crippen LogP contribution in [0, 0.1) is 5.92 Å². The highest BCUT2D eigenvalue weighted by Gasteiger charge is 2.27. The first kappa shape index (κ1) is 20.3. The van der Waals surface area contributed by atoms with E-state index < -0.39 is 10.6 Å². The van der Waals surface area contributed by atoms with E-state index in [0.717, 1.165) is 53.4 Å². The molecule has 2 aliphatic rings. The van der Waals surface area contributed by atoms with E-state index in [4.69, 9.17) is 0 Å². The number of hydrogen-bond donors (Lipinski definition) is 5. The van der Waals surface area contributed by atoms with Gasteiger partial charge in [0.25, 0.3) is 5.91 Å². The lowest BCUT2D eigenvalue weighted by Crippen LogP contribution is -2.33. The molecule has 1 saturated carbocycles. The van der Waals surface area contributed by atoms with Crippen molar-refractivity contribution in [1.82, 2.24) is 20.5 Å². The summed E-state index contributed by atoms with van der Waals surface area (Å²) in [4.78, 5) is 17.6. The van der Waals surface area contributed by atoms with Crippen molar-refractivity contribution in [1.29, 1.82) is 0 Å². The standard InChI is InChI=1S/C22H27N5O3S/c28-22(24-10-14-5-7-31(29,30)8-6-14)19-13-23-20-4-1-15(16-11-25-26-12-16)9-18(20)21(19)27-17-2-3-17/h1,4,9,11-14,17,29-30H,2-3,5-8,10H2,(H,23,27)(H,24,28)(H,25,26). The van der Waals surface area contributed by atoms with Gasteiger partial charge in [0.15, 0.2) is 0 Å². The number of fused-ring (bicyclic) bond motifs is 1. The number of amides is 1. The van der Waals surface area contributed by atoms with E-state index in [9.17, 15) is 13.9 Å². The van der Waals surface area contributed by atoms with Crippen molar-refractivity contribution < 1.29 is 13.9 Å². The number of H-pyrrole nitrogens is 1. The van der Waals surface area contributed by atoms with Crippen LogP contribution in [0.15, 0.2) is 36.8 Å². The van der Waals surface area contributed by atoms with Gasteiger partial charge in [0, 0.05) is 47.4 Å². The zero-order chi connectivity index (χ0) is 21.4. The van der Waals surface area contributed by atoms with Crippen molar-refractivity contribution in [3.8, 4) is 11.1 Å². The molecule has 1 amide bonds. The fourth-order valence-electron chi connectivity index (χ4n) is 4.03. The number of carbonyl (C=O) groups is 1. The molecule has 31 heavy (non-hydrogen) atoms. The second-order valence-electron chi connectivity index (χ2n) is 8.55. The number of pyridine rings is 1. The second kappa shape index (κ2) is 8.14. The van der Waals surface area contributed by atoms with Gasteiger partial charge in [-0.2, -0.15) is 15.7 Å². The Morgan fingerprint density at radius 1 is 1.13 bits per heavy atom. The summed E-state index contributed by atoms with van der Waals surface area (Å²) in [6.07, 6.45) is 8.91. The van der Waals surface area contributed by atoms with Gasteiger partial charge in [-0.3, -0.25) is 24.0 Å². The maximum Gasteiger partial charge on any atom is 0.254 e. The fraction of sp³-hybridized carbons (Fsp3) is 0.409. The predicted molar refractivity (Wildman–Crippen MR) is 124 cm³/mol. The summed E-state index contributed by atoms with van der Waals surface area (Å²) in [5, 5.41) is 14.4. The normalized spacial score (nSPS) is 19.8. The molecule has 1 aliphatic heterocycles. The van der Waals surface area contributed by atoms with Crippen LogP contribution >= 0.6 is 10.6 Å². The number of aromatic nitrogens is 3. The molecular formula is C22H27N5O3S. The van der Waals surface area contributed by atoms with Gasteiger partial charge in [0.05, 0.1) is 23.0 Å². The minimum atomic E-state index is -2.41. The van der Waals surface area contributed by atoms with Crippen LogP contribution in [-0.4, -0.2) is 54.3 Å². The number of rotatable bonds is 6. The first-order valence-corrected chi connectivity index (χ1v) is 12.6. The molecule has 0 spiro atoms. The third kappa shape index (κ3) is 4.53. The summed E-state index contributed by atoms with van der Waals surface area (Å²) in [6, 6.07) is 6.42. The molecule has 2 aromatic heterocycles. The fourth-order valence-corrected chi connectivity index (χ4v) is 5.66. The van der Waals surface area contributed by atoms with E-state index in [1.807, 2.05) is 18.3 Å². The highest BCUT2D eigenvalue weighted by molar-refractivity contribution is 8.24. The number of aromatic amines is 1. The minimum Gasteiger partial charge on any atom is -0.381 e. The predicted octanol–water partition coefficient (Wildman–Crippen LogP) is 4.09. The number of nitrogens with zero attached hydrogens (tertiary/aromatic N) is 2. The first-order valence-electron chi connectivity index (χ1n) is 10.7. The van der Waals surface area contributed by atoms with E-state index in [1.54, 1.807) is 12.4 Å². The molecule has 5 N–H and O–H groups in total. The van der Waals surface area contributed by atoms with Gasteiger partial charge in [0.1, 0.15) is 0 Å². The Labute approximate surface area is 182 Å². The molecule has 3 aromatic rings. The van der Waals surface area contributed by atoms with E-state index in [2.05, 4.69) is 31.9 Å². The van der Waals surface area contributed by atoms with Gasteiger partial charge < -0.3 is 10.6 Å². The maximum absolute atomic E-state index is 13.1. The van der Waals surface area contributed by atoms with Crippen molar-refractivity contribution in [3.05, 3.63) is 42.4 Å². The number of benzene rings is 1. The van der Waals surface area contributed by atoms with Gasteiger partial charge in [-0.15, -0.1) is 0 Å². The number of hydrogen-bond acceptors (Lipinski definition) is 6. The molecule has 1 saturated heterocycles. The second-order valence-corrected chi connectivity index (χ2v) is 11.0. The Bertz CT molecular complexity index is 1090. The van der Waals surface area contributed by atoms with Gasteiger partial charge in [-0.05, 0) is 49.3 Å². The minimum absolute atomic E-state index is 0.150. The highest BCUT2D eigenvalue weighted by Crippen LogP contribution is 2.45. The van der Waals surface area contributed by atoms with Crippen LogP contribution in [0.1, 0.15) is 36.0 Å². The average Bonchev–Trinajstić information content (AvgIpc) is 3.41. The van der Waals surface area contributed by atoms with Crippen LogP contribution in [0.5, 0.6) is 0 Å². The quantitative estimate of drug-likeness (QED) is 0.393. The maximum atomic E-state index is 13.1. The number of carbonyl (C=O) groups excluding carboxylic acids is 1. The van der Waals surface area contributed by atoms with Crippen molar-refractivity contribution in [2.75, 3.05) is 23.4 Å². The summed E-state index contributed by atoms with van der Waals surface area (Å²) in [5.74, 6) is 0.973. The summed E-state index contributed by atoms with van der Waals surface area (Å²) in [5.41, 5.74) is 4.21. The zero-order valence-corrected chi connectivity index (χ0v) is 18.0. The summed E-state index contributed by atoms with van der Waals surface area (Å²) in [6.45, 7) is 0.532. The Morgan fingerprint density at radius 3 is 2.65 bits per heavy atom.